The van der Waals surface area contributed by atoms with Crippen molar-refractivity contribution >= 4 is 21.8 Å². The minimum absolute atomic E-state index is 0.171. The third-order valence-corrected chi connectivity index (χ3v) is 6.12. The average Bonchev–Trinajstić information content (AvgIpc) is 2.61. The zero-order valence-electron chi connectivity index (χ0n) is 15.0. The van der Waals surface area contributed by atoms with Gasteiger partial charge in [0.1, 0.15) is 11.5 Å². The Morgan fingerprint density at radius 1 is 1.28 bits per heavy atom. The van der Waals surface area contributed by atoms with Crippen LogP contribution in [0.4, 0.5) is 5.69 Å². The Hall–Kier alpha value is -1.84. The van der Waals surface area contributed by atoms with Gasteiger partial charge >= 0.3 is 0 Å². The van der Waals surface area contributed by atoms with Crippen LogP contribution in [0.2, 0.25) is 0 Å². The quantitative estimate of drug-likeness (QED) is 0.811. The number of methoxy groups -OCH3 is 2. The highest BCUT2D eigenvalue weighted by atomic mass is 32.2. The van der Waals surface area contributed by atoms with Gasteiger partial charge in [-0.25, -0.2) is 0 Å². The first-order valence-electron chi connectivity index (χ1n) is 8.00. The normalized spacial score (nSPS) is 18.8. The fraction of sp³-hybridized carbons (Fsp3) is 0.562. The van der Waals surface area contributed by atoms with Gasteiger partial charge < -0.3 is 14.8 Å². The second-order valence-electron chi connectivity index (χ2n) is 6.04. The molecule has 0 unspecified atom stereocenters. The molecule has 1 saturated heterocycles. The molecule has 0 bridgehead atoms. The van der Waals surface area contributed by atoms with Crippen LogP contribution in [-0.2, 0) is 15.0 Å². The number of benzene rings is 1. The van der Waals surface area contributed by atoms with E-state index in [2.05, 4.69) is 5.32 Å². The maximum absolute atomic E-state index is 12.6. The minimum Gasteiger partial charge on any atom is -0.497 e. The second-order valence-corrected chi connectivity index (χ2v) is 8.19. The molecule has 9 heteroatoms. The molecule has 0 radical (unpaired) electrons. The van der Waals surface area contributed by atoms with Gasteiger partial charge in [0, 0.05) is 33.3 Å². The van der Waals surface area contributed by atoms with Gasteiger partial charge in [0.05, 0.1) is 25.8 Å². The number of nitrogens with one attached hydrogen (secondary N) is 1. The summed E-state index contributed by atoms with van der Waals surface area (Å²) in [6.45, 7) is 0.598. The van der Waals surface area contributed by atoms with E-state index in [4.69, 9.17) is 9.47 Å². The summed E-state index contributed by atoms with van der Waals surface area (Å²) in [6.07, 6.45) is 1.29. The molecule has 0 saturated carbocycles. The number of carbonyl (C=O) groups is 1. The van der Waals surface area contributed by atoms with Crippen molar-refractivity contribution in [1.82, 2.24) is 8.61 Å². The van der Waals surface area contributed by atoms with Gasteiger partial charge in [0.25, 0.3) is 10.2 Å². The highest BCUT2D eigenvalue weighted by molar-refractivity contribution is 7.86. The van der Waals surface area contributed by atoms with Gasteiger partial charge in [0.2, 0.25) is 5.91 Å². The number of anilines is 1. The van der Waals surface area contributed by atoms with Gasteiger partial charge in [-0.05, 0) is 25.0 Å². The van der Waals surface area contributed by atoms with Crippen molar-refractivity contribution in [3.63, 3.8) is 0 Å². The zero-order valence-corrected chi connectivity index (χ0v) is 15.8. The third-order valence-electron chi connectivity index (χ3n) is 4.21. The van der Waals surface area contributed by atoms with E-state index in [-0.39, 0.29) is 12.5 Å². The van der Waals surface area contributed by atoms with Crippen molar-refractivity contribution in [3.8, 4) is 11.5 Å². The molecule has 1 N–H and O–H groups in total. The summed E-state index contributed by atoms with van der Waals surface area (Å²) in [5.41, 5.74) is 0.529. The van der Waals surface area contributed by atoms with Crippen molar-refractivity contribution in [3.05, 3.63) is 18.2 Å². The molecule has 0 aliphatic carbocycles. The highest BCUT2D eigenvalue weighted by Crippen LogP contribution is 2.30. The zero-order chi connectivity index (χ0) is 18.6. The Morgan fingerprint density at radius 3 is 2.60 bits per heavy atom. The molecule has 1 heterocycles. The largest absolute Gasteiger partial charge is 0.497 e. The summed E-state index contributed by atoms with van der Waals surface area (Å²) in [5, 5.41) is 2.83. The first-order valence-corrected chi connectivity index (χ1v) is 9.39. The number of ether oxygens (including phenoxy) is 2. The summed E-state index contributed by atoms with van der Waals surface area (Å²) < 4.78 is 37.5. The van der Waals surface area contributed by atoms with Crippen LogP contribution < -0.4 is 14.8 Å². The van der Waals surface area contributed by atoms with Crippen LogP contribution in [0, 0.1) is 5.92 Å². The molecular weight excluding hydrogens is 346 g/mol. The van der Waals surface area contributed by atoms with E-state index in [0.29, 0.717) is 36.6 Å². The van der Waals surface area contributed by atoms with E-state index in [0.717, 1.165) is 0 Å². The van der Waals surface area contributed by atoms with Crippen LogP contribution in [0.3, 0.4) is 0 Å². The summed E-state index contributed by atoms with van der Waals surface area (Å²) in [4.78, 5) is 12.6. The molecule has 1 aromatic rings. The van der Waals surface area contributed by atoms with Gasteiger partial charge in [0.15, 0.2) is 0 Å². The van der Waals surface area contributed by atoms with Crippen LogP contribution in [0.5, 0.6) is 11.5 Å². The number of hydrogen-bond acceptors (Lipinski definition) is 5. The third kappa shape index (κ3) is 4.42. The van der Waals surface area contributed by atoms with Gasteiger partial charge in [-0.2, -0.15) is 17.0 Å². The molecule has 0 aromatic heterocycles. The average molecular weight is 371 g/mol. The number of piperidine rings is 1. The highest BCUT2D eigenvalue weighted by Gasteiger charge is 2.33. The summed E-state index contributed by atoms with van der Waals surface area (Å²) in [7, 11) is 2.52. The molecule has 1 aliphatic heterocycles. The molecule has 1 fully saturated rings. The Bertz CT molecular complexity index is 720. The summed E-state index contributed by atoms with van der Waals surface area (Å²) in [5.74, 6) is 0.481. The van der Waals surface area contributed by atoms with Crippen molar-refractivity contribution in [2.75, 3.05) is 46.7 Å². The first kappa shape index (κ1) is 19.5. The monoisotopic (exact) mass is 371 g/mol. The Kier molecular flexibility index (Phi) is 6.26. The van der Waals surface area contributed by atoms with Crippen LogP contribution in [0.1, 0.15) is 12.8 Å². The van der Waals surface area contributed by atoms with Gasteiger partial charge in [-0.15, -0.1) is 0 Å². The minimum atomic E-state index is -3.52. The number of amides is 1. The van der Waals surface area contributed by atoms with Crippen molar-refractivity contribution in [2.45, 2.75) is 12.8 Å². The van der Waals surface area contributed by atoms with E-state index >= 15 is 0 Å². The maximum atomic E-state index is 12.6. The smallest absolute Gasteiger partial charge is 0.281 e. The lowest BCUT2D eigenvalue weighted by Crippen LogP contribution is -2.47. The predicted molar refractivity (Wildman–Crippen MR) is 95.1 cm³/mol. The van der Waals surface area contributed by atoms with E-state index in [1.807, 2.05) is 0 Å². The predicted octanol–water partition coefficient (Wildman–Crippen LogP) is 1.16. The van der Waals surface area contributed by atoms with Crippen molar-refractivity contribution in [1.29, 1.82) is 0 Å². The number of nitrogens with zero attached hydrogens (tertiary/aromatic N) is 2. The lowest BCUT2D eigenvalue weighted by Gasteiger charge is -2.32. The van der Waals surface area contributed by atoms with Gasteiger partial charge in [-0.1, -0.05) is 0 Å². The maximum Gasteiger partial charge on any atom is 0.281 e. The Balaban J connectivity index is 2.11. The van der Waals surface area contributed by atoms with Crippen molar-refractivity contribution in [2.24, 2.45) is 5.92 Å². The molecule has 1 amide bonds. The van der Waals surface area contributed by atoms with Crippen LogP contribution in [0.15, 0.2) is 18.2 Å². The summed E-state index contributed by atoms with van der Waals surface area (Å²) in [6, 6.07) is 5.10. The van der Waals surface area contributed by atoms with Gasteiger partial charge in [-0.3, -0.25) is 4.79 Å². The lowest BCUT2D eigenvalue weighted by atomic mass is 9.98. The Morgan fingerprint density at radius 2 is 2.00 bits per heavy atom. The van der Waals surface area contributed by atoms with Crippen LogP contribution in [0.25, 0.3) is 0 Å². The molecule has 25 heavy (non-hydrogen) atoms. The van der Waals surface area contributed by atoms with E-state index in [1.165, 1.54) is 29.8 Å². The molecule has 1 aliphatic rings. The number of rotatable bonds is 6. The Labute approximate surface area is 148 Å². The molecule has 2 rings (SSSR count). The fourth-order valence-electron chi connectivity index (χ4n) is 2.73. The van der Waals surface area contributed by atoms with E-state index in [9.17, 15) is 13.2 Å². The number of hydrogen-bond donors (Lipinski definition) is 1. The molecule has 1 atom stereocenters. The van der Waals surface area contributed by atoms with E-state index < -0.39 is 16.1 Å². The first-order chi connectivity index (χ1) is 11.8. The van der Waals surface area contributed by atoms with E-state index in [1.54, 1.807) is 25.3 Å². The van der Waals surface area contributed by atoms with Crippen molar-refractivity contribution < 1.29 is 22.7 Å². The molecule has 8 nitrogen and oxygen atoms in total. The standard InChI is InChI=1S/C16H25N3O5S/c1-18(2)25(21,22)19-9-5-6-12(11-19)16(20)17-14-8-7-13(23-3)10-15(14)24-4/h7-8,10,12H,5-6,9,11H2,1-4H3,(H,17,20)/t12-/m1/s1. The molecule has 1 aromatic carbocycles. The second kappa shape index (κ2) is 8.03. The molecule has 0 spiro atoms. The fourth-order valence-corrected chi connectivity index (χ4v) is 3.92. The van der Waals surface area contributed by atoms with Crippen LogP contribution >= 0.6 is 0 Å². The van der Waals surface area contributed by atoms with Crippen LogP contribution in [-0.4, -0.2) is 64.3 Å². The number of carbonyl (C=O) groups excluding carboxylic acids is 1. The molecular formula is C16H25N3O5S. The summed E-state index contributed by atoms with van der Waals surface area (Å²) >= 11 is 0. The lowest BCUT2D eigenvalue weighted by molar-refractivity contribution is -0.120. The topological polar surface area (TPSA) is 88.2 Å². The SMILES string of the molecule is COc1ccc(NC(=O)[C@@H]2CCCN(S(=O)(=O)N(C)C)C2)c(OC)c1. The molecule has 140 valence electrons.